The summed E-state index contributed by atoms with van der Waals surface area (Å²) >= 11 is 0. The summed E-state index contributed by atoms with van der Waals surface area (Å²) in [6.07, 6.45) is 1.02. The lowest BCUT2D eigenvalue weighted by Gasteiger charge is -2.31. The average Bonchev–Trinajstić information content (AvgIpc) is 3.22. The van der Waals surface area contributed by atoms with Crippen LogP contribution in [0.1, 0.15) is 12.5 Å². The molecule has 0 bridgehead atoms. The highest BCUT2D eigenvalue weighted by Crippen LogP contribution is 2.36. The summed E-state index contributed by atoms with van der Waals surface area (Å²) in [5.74, 6) is 0.0438. The summed E-state index contributed by atoms with van der Waals surface area (Å²) in [6, 6.07) is 13.0. The first kappa shape index (κ1) is 22.4. The van der Waals surface area contributed by atoms with Crippen LogP contribution in [0.2, 0.25) is 0 Å². The zero-order valence-electron chi connectivity index (χ0n) is 17.6. The number of likely N-dealkylation sites (N-methyl/N-ethyl adjacent to an activating group) is 1. The monoisotopic (exact) mass is 447 g/mol. The number of hydrogen-bond donors (Lipinski definition) is 1. The van der Waals surface area contributed by atoms with Gasteiger partial charge < -0.3 is 19.7 Å². The molecule has 3 rings (SSSR count). The number of carbonyl (C=O) groups is 2. The number of benzene rings is 2. The Labute approximate surface area is 181 Å². The van der Waals surface area contributed by atoms with Crippen molar-refractivity contribution in [3.63, 3.8) is 0 Å². The van der Waals surface area contributed by atoms with Gasteiger partial charge in [-0.05, 0) is 24.6 Å². The highest BCUT2D eigenvalue weighted by molar-refractivity contribution is 7.92. The molecular weight excluding hydrogens is 422 g/mol. The van der Waals surface area contributed by atoms with Crippen LogP contribution in [0.3, 0.4) is 0 Å². The lowest BCUT2D eigenvalue weighted by Crippen LogP contribution is -2.50. The van der Waals surface area contributed by atoms with Gasteiger partial charge in [0, 0.05) is 19.7 Å². The minimum Gasteiger partial charge on any atom is -0.454 e. The van der Waals surface area contributed by atoms with E-state index in [9.17, 15) is 18.0 Å². The lowest BCUT2D eigenvalue weighted by atomic mass is 10.1. The van der Waals surface area contributed by atoms with Gasteiger partial charge >= 0.3 is 0 Å². The molecule has 1 atom stereocenters. The minimum absolute atomic E-state index is 0.0467. The maximum absolute atomic E-state index is 13.3. The zero-order valence-corrected chi connectivity index (χ0v) is 18.4. The van der Waals surface area contributed by atoms with Crippen molar-refractivity contribution in [2.75, 3.05) is 30.9 Å². The van der Waals surface area contributed by atoms with E-state index in [-0.39, 0.29) is 24.9 Å². The van der Waals surface area contributed by atoms with Gasteiger partial charge in [0.1, 0.15) is 12.6 Å². The Bertz CT molecular complexity index is 1060. The predicted molar refractivity (Wildman–Crippen MR) is 115 cm³/mol. The molecule has 0 saturated heterocycles. The maximum Gasteiger partial charge on any atom is 0.244 e. The molecule has 10 heteroatoms. The molecule has 0 aliphatic carbocycles. The van der Waals surface area contributed by atoms with Crippen LogP contribution in [0.5, 0.6) is 11.5 Å². The van der Waals surface area contributed by atoms with Crippen LogP contribution in [-0.4, -0.2) is 57.8 Å². The van der Waals surface area contributed by atoms with Crippen molar-refractivity contribution in [2.24, 2.45) is 0 Å². The van der Waals surface area contributed by atoms with Gasteiger partial charge in [-0.2, -0.15) is 0 Å². The fraction of sp³-hybridized carbons (Fsp3) is 0.333. The highest BCUT2D eigenvalue weighted by atomic mass is 32.2. The van der Waals surface area contributed by atoms with Crippen LogP contribution >= 0.6 is 0 Å². The molecule has 9 nitrogen and oxygen atoms in total. The molecule has 2 amide bonds. The van der Waals surface area contributed by atoms with Gasteiger partial charge in [0.05, 0.1) is 11.9 Å². The van der Waals surface area contributed by atoms with Crippen LogP contribution in [0.25, 0.3) is 0 Å². The van der Waals surface area contributed by atoms with E-state index in [0.29, 0.717) is 11.5 Å². The Morgan fingerprint density at radius 3 is 2.42 bits per heavy atom. The van der Waals surface area contributed by atoms with E-state index in [0.717, 1.165) is 16.1 Å². The summed E-state index contributed by atoms with van der Waals surface area (Å²) in [5, 5.41) is 2.53. The number of sulfonamides is 1. The van der Waals surface area contributed by atoms with E-state index in [1.807, 2.05) is 30.3 Å². The molecule has 0 fully saturated rings. The molecule has 0 saturated carbocycles. The first-order chi connectivity index (χ1) is 14.7. The second kappa shape index (κ2) is 9.25. The Hall–Kier alpha value is -3.27. The van der Waals surface area contributed by atoms with Crippen LogP contribution in [0.4, 0.5) is 5.69 Å². The molecule has 31 heavy (non-hydrogen) atoms. The molecule has 1 aliphatic heterocycles. The van der Waals surface area contributed by atoms with Crippen molar-refractivity contribution in [3.05, 3.63) is 54.1 Å². The van der Waals surface area contributed by atoms with Crippen molar-refractivity contribution in [2.45, 2.75) is 19.5 Å². The quantitative estimate of drug-likeness (QED) is 0.655. The van der Waals surface area contributed by atoms with Gasteiger partial charge in [0.2, 0.25) is 28.6 Å². The van der Waals surface area contributed by atoms with Crippen molar-refractivity contribution in [1.29, 1.82) is 0 Å². The number of hydrogen-bond acceptors (Lipinski definition) is 6. The van der Waals surface area contributed by atoms with Crippen molar-refractivity contribution in [1.82, 2.24) is 10.2 Å². The van der Waals surface area contributed by atoms with Crippen LogP contribution in [0, 0.1) is 0 Å². The molecule has 1 N–H and O–H groups in total. The van der Waals surface area contributed by atoms with Gasteiger partial charge in [0.15, 0.2) is 11.5 Å². The molecule has 0 radical (unpaired) electrons. The summed E-state index contributed by atoms with van der Waals surface area (Å²) in [7, 11) is -2.31. The third kappa shape index (κ3) is 5.26. The number of fused-ring (bicyclic) bond motifs is 1. The number of nitrogens with one attached hydrogen (secondary N) is 1. The second-order valence-electron chi connectivity index (χ2n) is 7.10. The third-order valence-electron chi connectivity index (χ3n) is 4.93. The summed E-state index contributed by atoms with van der Waals surface area (Å²) in [4.78, 5) is 26.9. The highest BCUT2D eigenvalue weighted by Gasteiger charge is 2.30. The van der Waals surface area contributed by atoms with Gasteiger partial charge in [-0.25, -0.2) is 8.42 Å². The SMILES string of the molecule is CNC(=O)C(C)N(Cc1ccccc1)C(=O)CN(c1ccc2c(c1)OCO2)S(C)(=O)=O. The molecule has 1 aliphatic rings. The maximum atomic E-state index is 13.3. The first-order valence-electron chi connectivity index (χ1n) is 9.63. The largest absolute Gasteiger partial charge is 0.454 e. The molecule has 166 valence electrons. The second-order valence-corrected chi connectivity index (χ2v) is 9.01. The summed E-state index contributed by atoms with van der Waals surface area (Å²) in [6.45, 7) is 1.34. The molecular formula is C21H25N3O6S. The Balaban J connectivity index is 1.90. The number of rotatable bonds is 8. The molecule has 0 spiro atoms. The van der Waals surface area contributed by atoms with E-state index in [1.165, 1.54) is 18.0 Å². The summed E-state index contributed by atoms with van der Waals surface area (Å²) < 4.78 is 36.6. The predicted octanol–water partition coefficient (Wildman–Crippen LogP) is 1.34. The number of carbonyl (C=O) groups excluding carboxylic acids is 2. The van der Waals surface area contributed by atoms with Crippen LogP contribution in [0.15, 0.2) is 48.5 Å². The van der Waals surface area contributed by atoms with Crippen molar-refractivity contribution in [3.8, 4) is 11.5 Å². The molecule has 2 aromatic carbocycles. The number of anilines is 1. The zero-order chi connectivity index (χ0) is 22.6. The van der Waals surface area contributed by atoms with Gasteiger partial charge in [0.25, 0.3) is 0 Å². The fourth-order valence-electron chi connectivity index (χ4n) is 3.23. The molecule has 2 aromatic rings. The Morgan fingerprint density at radius 2 is 1.77 bits per heavy atom. The van der Waals surface area contributed by atoms with E-state index in [4.69, 9.17) is 9.47 Å². The van der Waals surface area contributed by atoms with Gasteiger partial charge in [-0.3, -0.25) is 13.9 Å². The fourth-order valence-corrected chi connectivity index (χ4v) is 4.07. The van der Waals surface area contributed by atoms with Crippen LogP contribution < -0.4 is 19.1 Å². The molecule has 1 heterocycles. The topological polar surface area (TPSA) is 105 Å². The number of ether oxygens (including phenoxy) is 2. The lowest BCUT2D eigenvalue weighted by molar-refractivity contribution is -0.139. The smallest absolute Gasteiger partial charge is 0.244 e. The Morgan fingerprint density at radius 1 is 1.10 bits per heavy atom. The van der Waals surface area contributed by atoms with Gasteiger partial charge in [-0.15, -0.1) is 0 Å². The van der Waals surface area contributed by atoms with Crippen molar-refractivity contribution >= 4 is 27.5 Å². The van der Waals surface area contributed by atoms with E-state index < -0.39 is 28.5 Å². The number of amides is 2. The van der Waals surface area contributed by atoms with Crippen molar-refractivity contribution < 1.29 is 27.5 Å². The first-order valence-corrected chi connectivity index (χ1v) is 11.5. The molecule has 0 aromatic heterocycles. The minimum atomic E-state index is -3.80. The standard InChI is InChI=1S/C21H25N3O6S/c1-15(21(26)22-2)23(12-16-7-5-4-6-8-16)20(25)13-24(31(3,27)28)17-9-10-18-19(11-17)30-14-29-18/h4-11,15H,12-14H2,1-3H3,(H,22,26). The van der Waals surface area contributed by atoms with Crippen LogP contribution in [-0.2, 0) is 26.2 Å². The Kier molecular flexibility index (Phi) is 6.69. The van der Waals surface area contributed by atoms with Gasteiger partial charge in [-0.1, -0.05) is 30.3 Å². The van der Waals surface area contributed by atoms with E-state index in [2.05, 4.69) is 5.32 Å². The van der Waals surface area contributed by atoms with E-state index in [1.54, 1.807) is 19.1 Å². The van der Waals surface area contributed by atoms with E-state index >= 15 is 0 Å². The number of nitrogens with zero attached hydrogens (tertiary/aromatic N) is 2. The molecule has 1 unspecified atom stereocenters. The third-order valence-corrected chi connectivity index (χ3v) is 6.07. The summed E-state index contributed by atoms with van der Waals surface area (Å²) in [5.41, 5.74) is 1.09. The normalized spacial score (nSPS) is 13.4. The average molecular weight is 448 g/mol.